The predicted octanol–water partition coefficient (Wildman–Crippen LogP) is 5.78. The standard InChI is InChI=1S/C28H22BrF2N5O/c29-21-5-6-25-22(14-21)23-17-35(10-1-2-18-3-4-20(15-32)24(30)12-18)11-8-26(23)36(25)28(37)34-16-19-7-9-33-27(31)13-19/h1-7,9,12-14H,8,10-11,16-17H2,(H,34,37)/b2-1+. The summed E-state index contributed by atoms with van der Waals surface area (Å²) < 4.78 is 30.0. The Hall–Kier alpha value is -3.87. The molecule has 1 aliphatic rings. The number of aromatic nitrogens is 2. The fourth-order valence-electron chi connectivity index (χ4n) is 4.65. The molecule has 3 heterocycles. The molecule has 2 aromatic carbocycles. The highest BCUT2D eigenvalue weighted by Gasteiger charge is 2.26. The molecule has 37 heavy (non-hydrogen) atoms. The van der Waals surface area contributed by atoms with E-state index in [1.807, 2.05) is 36.4 Å². The van der Waals surface area contributed by atoms with E-state index in [2.05, 4.69) is 31.1 Å². The highest BCUT2D eigenvalue weighted by atomic mass is 79.9. The summed E-state index contributed by atoms with van der Waals surface area (Å²) in [7, 11) is 0. The molecule has 186 valence electrons. The maximum absolute atomic E-state index is 13.9. The fraction of sp³-hybridized carbons (Fsp3) is 0.179. The van der Waals surface area contributed by atoms with Gasteiger partial charge in [0.05, 0.1) is 11.1 Å². The van der Waals surface area contributed by atoms with E-state index in [1.165, 1.54) is 24.4 Å². The topological polar surface area (TPSA) is 74.0 Å². The third-order valence-electron chi connectivity index (χ3n) is 6.41. The van der Waals surface area contributed by atoms with Gasteiger partial charge in [-0.05, 0) is 59.2 Å². The Morgan fingerprint density at radius 1 is 1.19 bits per heavy atom. The number of nitrogens with zero attached hydrogens (tertiary/aromatic N) is 4. The van der Waals surface area contributed by atoms with Gasteiger partial charge in [0.1, 0.15) is 11.9 Å². The molecule has 1 amide bonds. The van der Waals surface area contributed by atoms with Crippen LogP contribution in [-0.2, 0) is 19.5 Å². The Bertz CT molecular complexity index is 1570. The first-order valence-corrected chi connectivity index (χ1v) is 12.5. The van der Waals surface area contributed by atoms with E-state index in [0.717, 1.165) is 33.2 Å². The second kappa shape index (κ2) is 10.6. The van der Waals surface area contributed by atoms with E-state index in [-0.39, 0.29) is 18.1 Å². The fourth-order valence-corrected chi connectivity index (χ4v) is 5.01. The van der Waals surface area contributed by atoms with Crippen LogP contribution in [0.3, 0.4) is 0 Å². The molecule has 0 radical (unpaired) electrons. The molecule has 0 bridgehead atoms. The van der Waals surface area contributed by atoms with E-state index in [1.54, 1.807) is 16.7 Å². The second-order valence-corrected chi connectivity index (χ2v) is 9.72. The summed E-state index contributed by atoms with van der Waals surface area (Å²) in [6.45, 7) is 2.25. The first-order chi connectivity index (χ1) is 17.9. The minimum absolute atomic E-state index is 0.0280. The second-order valence-electron chi connectivity index (χ2n) is 8.81. The number of pyridine rings is 1. The Kier molecular flexibility index (Phi) is 7.12. The molecule has 1 N–H and O–H groups in total. The molecular formula is C28H22BrF2N5O. The van der Waals surface area contributed by atoms with E-state index < -0.39 is 11.8 Å². The number of hydrogen-bond donors (Lipinski definition) is 1. The molecule has 0 saturated carbocycles. The van der Waals surface area contributed by atoms with Crippen LogP contribution < -0.4 is 5.32 Å². The van der Waals surface area contributed by atoms with Crippen LogP contribution in [0, 0.1) is 23.1 Å². The Balaban J connectivity index is 1.35. The Morgan fingerprint density at radius 3 is 2.84 bits per heavy atom. The molecule has 4 aromatic rings. The van der Waals surface area contributed by atoms with Gasteiger partial charge in [0.2, 0.25) is 5.95 Å². The molecule has 0 spiro atoms. The molecule has 0 atom stereocenters. The zero-order valence-corrected chi connectivity index (χ0v) is 21.3. The van der Waals surface area contributed by atoms with Crippen LogP contribution in [0.25, 0.3) is 17.0 Å². The van der Waals surface area contributed by atoms with Gasteiger partial charge in [-0.15, -0.1) is 0 Å². The summed E-state index contributed by atoms with van der Waals surface area (Å²) in [5, 5.41) is 12.8. The Labute approximate surface area is 221 Å². The number of fused-ring (bicyclic) bond motifs is 3. The zero-order valence-electron chi connectivity index (χ0n) is 19.7. The largest absolute Gasteiger partial charge is 0.333 e. The number of carbonyl (C=O) groups excluding carboxylic acids is 1. The van der Waals surface area contributed by atoms with Gasteiger partial charge in [-0.3, -0.25) is 9.47 Å². The van der Waals surface area contributed by atoms with Gasteiger partial charge in [-0.2, -0.15) is 9.65 Å². The van der Waals surface area contributed by atoms with Gasteiger partial charge in [-0.25, -0.2) is 14.2 Å². The van der Waals surface area contributed by atoms with Crippen molar-refractivity contribution >= 4 is 38.9 Å². The van der Waals surface area contributed by atoms with E-state index >= 15 is 0 Å². The lowest BCUT2D eigenvalue weighted by atomic mass is 10.0. The van der Waals surface area contributed by atoms with Crippen molar-refractivity contribution in [1.29, 1.82) is 5.26 Å². The third kappa shape index (κ3) is 5.31. The maximum atomic E-state index is 13.9. The molecule has 6 nitrogen and oxygen atoms in total. The minimum Gasteiger partial charge on any atom is -0.333 e. The van der Waals surface area contributed by atoms with Gasteiger partial charge in [0.15, 0.2) is 0 Å². The first kappa shape index (κ1) is 24.8. The van der Waals surface area contributed by atoms with E-state index in [9.17, 15) is 13.6 Å². The molecule has 1 aliphatic heterocycles. The maximum Gasteiger partial charge on any atom is 0.326 e. The van der Waals surface area contributed by atoms with Crippen LogP contribution in [0.2, 0.25) is 0 Å². The molecule has 0 saturated heterocycles. The number of halogens is 3. The summed E-state index contributed by atoms with van der Waals surface area (Å²) >= 11 is 3.55. The van der Waals surface area contributed by atoms with Crippen molar-refractivity contribution in [2.45, 2.75) is 19.5 Å². The quantitative estimate of drug-likeness (QED) is 0.313. The SMILES string of the molecule is N#Cc1ccc(/C=C/CN2CCc3c(c4cc(Br)ccc4n3C(=O)NCc3ccnc(F)c3)C2)cc1F. The van der Waals surface area contributed by atoms with Crippen LogP contribution in [0.5, 0.6) is 0 Å². The van der Waals surface area contributed by atoms with Crippen molar-refractivity contribution in [3.63, 3.8) is 0 Å². The highest BCUT2D eigenvalue weighted by molar-refractivity contribution is 9.10. The number of rotatable bonds is 5. The van der Waals surface area contributed by atoms with E-state index in [0.29, 0.717) is 30.6 Å². The molecule has 2 aromatic heterocycles. The number of nitriles is 1. The van der Waals surface area contributed by atoms with Gasteiger partial charge >= 0.3 is 6.03 Å². The van der Waals surface area contributed by atoms with Gasteiger partial charge in [0.25, 0.3) is 0 Å². The molecule has 5 rings (SSSR count). The number of carbonyl (C=O) groups is 1. The number of benzene rings is 2. The van der Waals surface area contributed by atoms with Crippen molar-refractivity contribution in [2.24, 2.45) is 0 Å². The summed E-state index contributed by atoms with van der Waals surface area (Å²) in [6, 6.07) is 14.9. The van der Waals surface area contributed by atoms with Gasteiger partial charge in [0, 0.05) is 54.3 Å². The first-order valence-electron chi connectivity index (χ1n) is 11.7. The van der Waals surface area contributed by atoms with Crippen molar-refractivity contribution in [1.82, 2.24) is 19.8 Å². The average molecular weight is 562 g/mol. The van der Waals surface area contributed by atoms with E-state index in [4.69, 9.17) is 5.26 Å². The van der Waals surface area contributed by atoms with Crippen LogP contribution in [0.4, 0.5) is 13.6 Å². The van der Waals surface area contributed by atoms with Crippen LogP contribution in [-0.4, -0.2) is 33.6 Å². The lowest BCUT2D eigenvalue weighted by Gasteiger charge is -2.27. The summed E-state index contributed by atoms with van der Waals surface area (Å²) in [4.78, 5) is 19.1. The summed E-state index contributed by atoms with van der Waals surface area (Å²) in [5.74, 6) is -1.11. The van der Waals surface area contributed by atoms with Crippen LogP contribution in [0.15, 0.2) is 65.3 Å². The van der Waals surface area contributed by atoms with Gasteiger partial charge in [-0.1, -0.05) is 34.1 Å². The van der Waals surface area contributed by atoms with Crippen molar-refractivity contribution in [2.75, 3.05) is 13.1 Å². The monoisotopic (exact) mass is 561 g/mol. The van der Waals surface area contributed by atoms with Crippen molar-refractivity contribution < 1.29 is 13.6 Å². The summed E-state index contributed by atoms with van der Waals surface area (Å²) in [5.41, 5.74) is 4.22. The smallest absolute Gasteiger partial charge is 0.326 e. The molecule has 0 fully saturated rings. The molecular weight excluding hydrogens is 540 g/mol. The number of hydrogen-bond acceptors (Lipinski definition) is 4. The minimum atomic E-state index is -0.584. The number of nitrogens with one attached hydrogen (secondary N) is 1. The predicted molar refractivity (Wildman–Crippen MR) is 141 cm³/mol. The molecule has 9 heteroatoms. The lowest BCUT2D eigenvalue weighted by molar-refractivity contribution is 0.240. The van der Waals surface area contributed by atoms with Crippen LogP contribution in [0.1, 0.15) is 27.9 Å². The Morgan fingerprint density at radius 2 is 2.05 bits per heavy atom. The normalized spacial score (nSPS) is 13.6. The lowest BCUT2D eigenvalue weighted by Crippen LogP contribution is -2.34. The molecule has 0 aliphatic carbocycles. The van der Waals surface area contributed by atoms with Crippen molar-refractivity contribution in [3.05, 3.63) is 105 Å². The van der Waals surface area contributed by atoms with Crippen LogP contribution >= 0.6 is 15.9 Å². The average Bonchev–Trinajstić information content (AvgIpc) is 3.20. The van der Waals surface area contributed by atoms with Crippen molar-refractivity contribution in [3.8, 4) is 6.07 Å². The zero-order chi connectivity index (χ0) is 25.9. The number of amides is 1. The highest BCUT2D eigenvalue weighted by Crippen LogP contribution is 2.33. The van der Waals surface area contributed by atoms with Gasteiger partial charge < -0.3 is 5.32 Å². The summed E-state index contributed by atoms with van der Waals surface area (Å²) in [6.07, 6.45) is 5.87. The molecule has 0 unspecified atom stereocenters. The third-order valence-corrected chi connectivity index (χ3v) is 6.91.